The van der Waals surface area contributed by atoms with E-state index in [4.69, 9.17) is 4.74 Å². The number of ether oxygens (including phenoxy) is 1. The number of rotatable bonds is 2. The Balaban J connectivity index is 1.71. The van der Waals surface area contributed by atoms with Gasteiger partial charge in [-0.25, -0.2) is 0 Å². The van der Waals surface area contributed by atoms with Gasteiger partial charge < -0.3 is 9.64 Å². The Labute approximate surface area is 135 Å². The lowest BCUT2D eigenvalue weighted by Gasteiger charge is -2.18. The summed E-state index contributed by atoms with van der Waals surface area (Å²) in [5, 5.41) is 4.55. The van der Waals surface area contributed by atoms with Crippen LogP contribution in [0.1, 0.15) is 46.8 Å². The number of carbonyl (C=O) groups is 1. The average Bonchev–Trinajstić information content (AvgIpc) is 3.26. The number of aryl methyl sites for hydroxylation is 1. The van der Waals surface area contributed by atoms with Crippen LogP contribution in [0.5, 0.6) is 0 Å². The van der Waals surface area contributed by atoms with Gasteiger partial charge in [-0.15, -0.1) is 0 Å². The van der Waals surface area contributed by atoms with Crippen molar-refractivity contribution in [3.05, 3.63) is 47.3 Å². The van der Waals surface area contributed by atoms with Crippen LogP contribution in [0.2, 0.25) is 0 Å². The summed E-state index contributed by atoms with van der Waals surface area (Å²) in [6.07, 6.45) is 2.78. The van der Waals surface area contributed by atoms with E-state index in [0.717, 1.165) is 31.0 Å². The van der Waals surface area contributed by atoms with E-state index < -0.39 is 0 Å². The highest BCUT2D eigenvalue weighted by molar-refractivity contribution is 6.08. The van der Waals surface area contributed by atoms with Crippen molar-refractivity contribution < 1.29 is 9.53 Å². The molecule has 1 fully saturated rings. The summed E-state index contributed by atoms with van der Waals surface area (Å²) in [6.45, 7) is 4.30. The molecular weight excluding hydrogens is 290 g/mol. The largest absolute Gasteiger partial charge is 0.381 e. The van der Waals surface area contributed by atoms with Crippen molar-refractivity contribution in [2.75, 3.05) is 24.7 Å². The predicted molar refractivity (Wildman–Crippen MR) is 87.9 cm³/mol. The smallest absolute Gasteiger partial charge is 0.261 e. The molecule has 23 heavy (non-hydrogen) atoms. The molecule has 2 aliphatic rings. The van der Waals surface area contributed by atoms with Gasteiger partial charge in [-0.1, -0.05) is 25.1 Å². The Morgan fingerprint density at radius 2 is 2.17 bits per heavy atom. The van der Waals surface area contributed by atoms with Crippen LogP contribution in [-0.4, -0.2) is 35.4 Å². The third-order valence-corrected chi connectivity index (χ3v) is 4.86. The lowest BCUT2D eigenvalue weighted by molar-refractivity contribution is 0.0987. The second-order valence-electron chi connectivity index (χ2n) is 6.54. The van der Waals surface area contributed by atoms with E-state index in [1.54, 1.807) is 4.68 Å². The summed E-state index contributed by atoms with van der Waals surface area (Å²) in [7, 11) is 1.87. The predicted octanol–water partition coefficient (Wildman–Crippen LogP) is 2.69. The zero-order chi connectivity index (χ0) is 16.0. The molecule has 0 unspecified atom stereocenters. The molecular formula is C18H21N3O2. The topological polar surface area (TPSA) is 47.4 Å². The summed E-state index contributed by atoms with van der Waals surface area (Å²) in [5.41, 5.74) is 3.87. The Morgan fingerprint density at radius 3 is 2.96 bits per heavy atom. The molecule has 0 saturated carbocycles. The molecule has 0 aliphatic carbocycles. The molecule has 1 saturated heterocycles. The first-order valence-corrected chi connectivity index (χ1v) is 8.17. The van der Waals surface area contributed by atoms with Gasteiger partial charge in [-0.05, 0) is 18.1 Å². The summed E-state index contributed by atoms with van der Waals surface area (Å²) >= 11 is 0. The quantitative estimate of drug-likeness (QED) is 0.857. The molecule has 1 amide bonds. The Bertz CT molecular complexity index is 746. The van der Waals surface area contributed by atoms with Crippen molar-refractivity contribution in [1.29, 1.82) is 0 Å². The SMILES string of the molecule is C[C@@H]1CN(C(=O)c2cn(C)nc2[C@H]2CCOC2)c2ccccc21. The average molecular weight is 311 g/mol. The summed E-state index contributed by atoms with van der Waals surface area (Å²) in [5.74, 6) is 0.646. The highest BCUT2D eigenvalue weighted by Gasteiger charge is 2.34. The number of amides is 1. The third-order valence-electron chi connectivity index (χ3n) is 4.86. The van der Waals surface area contributed by atoms with Gasteiger partial charge in [-0.3, -0.25) is 9.48 Å². The first-order chi connectivity index (χ1) is 11.1. The number of hydrogen-bond donors (Lipinski definition) is 0. The number of aromatic nitrogens is 2. The molecule has 1 aromatic heterocycles. The minimum Gasteiger partial charge on any atom is -0.381 e. The standard InChI is InChI=1S/C18H21N3O2/c1-12-9-21(16-6-4-3-5-14(12)16)18(22)15-10-20(2)19-17(15)13-7-8-23-11-13/h3-6,10,12-13H,7-9,11H2,1-2H3/t12-,13+/m1/s1. The summed E-state index contributed by atoms with van der Waals surface area (Å²) in [4.78, 5) is 15.1. The van der Waals surface area contributed by atoms with Crippen LogP contribution in [0.3, 0.4) is 0 Å². The first kappa shape index (κ1) is 14.5. The van der Waals surface area contributed by atoms with Crippen LogP contribution in [0.4, 0.5) is 5.69 Å². The molecule has 2 atom stereocenters. The van der Waals surface area contributed by atoms with Crippen LogP contribution in [-0.2, 0) is 11.8 Å². The summed E-state index contributed by atoms with van der Waals surface area (Å²) < 4.78 is 7.22. The maximum absolute atomic E-state index is 13.2. The van der Waals surface area contributed by atoms with Crippen LogP contribution in [0.25, 0.3) is 0 Å². The Morgan fingerprint density at radius 1 is 1.35 bits per heavy atom. The second-order valence-corrected chi connectivity index (χ2v) is 6.54. The van der Waals surface area contributed by atoms with E-state index in [1.165, 1.54) is 5.56 Å². The fourth-order valence-corrected chi connectivity index (χ4v) is 3.68. The van der Waals surface area contributed by atoms with Crippen LogP contribution in [0.15, 0.2) is 30.5 Å². The van der Waals surface area contributed by atoms with Crippen molar-refractivity contribution in [1.82, 2.24) is 9.78 Å². The van der Waals surface area contributed by atoms with Gasteiger partial charge in [0.15, 0.2) is 0 Å². The molecule has 1 aromatic carbocycles. The highest BCUT2D eigenvalue weighted by Crippen LogP contribution is 2.37. The maximum Gasteiger partial charge on any atom is 0.261 e. The molecule has 2 aromatic rings. The molecule has 0 N–H and O–H groups in total. The molecule has 4 rings (SSSR count). The minimum absolute atomic E-state index is 0.0526. The van der Waals surface area contributed by atoms with Crippen LogP contribution < -0.4 is 4.90 Å². The normalized spacial score (nSPS) is 23.3. The fraction of sp³-hybridized carbons (Fsp3) is 0.444. The van der Waals surface area contributed by atoms with E-state index >= 15 is 0 Å². The van der Waals surface area contributed by atoms with Gasteiger partial charge in [0.25, 0.3) is 5.91 Å². The molecule has 0 spiro atoms. The van der Waals surface area contributed by atoms with Gasteiger partial charge in [-0.2, -0.15) is 5.10 Å². The number of anilines is 1. The lowest BCUT2D eigenvalue weighted by atomic mass is 10.0. The van der Waals surface area contributed by atoms with Crippen molar-refractivity contribution in [2.45, 2.75) is 25.2 Å². The molecule has 0 bridgehead atoms. The molecule has 2 aliphatic heterocycles. The van der Waals surface area contributed by atoms with Crippen molar-refractivity contribution in [2.24, 2.45) is 7.05 Å². The van der Waals surface area contributed by atoms with Crippen molar-refractivity contribution >= 4 is 11.6 Å². The molecule has 5 nitrogen and oxygen atoms in total. The monoisotopic (exact) mass is 311 g/mol. The second kappa shape index (κ2) is 5.49. The van der Waals surface area contributed by atoms with E-state index in [-0.39, 0.29) is 11.8 Å². The first-order valence-electron chi connectivity index (χ1n) is 8.17. The summed E-state index contributed by atoms with van der Waals surface area (Å²) in [6, 6.07) is 8.18. The van der Waals surface area contributed by atoms with Gasteiger partial charge >= 0.3 is 0 Å². The number of para-hydroxylation sites is 1. The highest BCUT2D eigenvalue weighted by atomic mass is 16.5. The number of hydrogen-bond acceptors (Lipinski definition) is 3. The zero-order valence-electron chi connectivity index (χ0n) is 13.5. The van der Waals surface area contributed by atoms with E-state index in [9.17, 15) is 4.79 Å². The van der Waals surface area contributed by atoms with Gasteiger partial charge in [0.1, 0.15) is 0 Å². The van der Waals surface area contributed by atoms with Crippen LogP contribution >= 0.6 is 0 Å². The van der Waals surface area contributed by atoms with E-state index in [2.05, 4.69) is 18.1 Å². The molecule has 3 heterocycles. The number of nitrogens with zero attached hydrogens (tertiary/aromatic N) is 3. The van der Waals surface area contributed by atoms with Crippen molar-refractivity contribution in [3.63, 3.8) is 0 Å². The van der Waals surface area contributed by atoms with Crippen molar-refractivity contribution in [3.8, 4) is 0 Å². The number of benzene rings is 1. The number of carbonyl (C=O) groups excluding carboxylic acids is 1. The van der Waals surface area contributed by atoms with E-state index in [1.807, 2.05) is 36.3 Å². The van der Waals surface area contributed by atoms with Gasteiger partial charge in [0.05, 0.1) is 17.9 Å². The lowest BCUT2D eigenvalue weighted by Crippen LogP contribution is -2.30. The molecule has 0 radical (unpaired) electrons. The van der Waals surface area contributed by atoms with Gasteiger partial charge in [0, 0.05) is 43.9 Å². The minimum atomic E-state index is 0.0526. The zero-order valence-corrected chi connectivity index (χ0v) is 13.5. The Hall–Kier alpha value is -2.14. The Kier molecular flexibility index (Phi) is 3.45. The van der Waals surface area contributed by atoms with Gasteiger partial charge in [0.2, 0.25) is 0 Å². The number of fused-ring (bicyclic) bond motifs is 1. The maximum atomic E-state index is 13.2. The van der Waals surface area contributed by atoms with E-state index in [0.29, 0.717) is 18.1 Å². The molecule has 5 heteroatoms. The fourth-order valence-electron chi connectivity index (χ4n) is 3.68. The molecule has 120 valence electrons. The third kappa shape index (κ3) is 2.36. The van der Waals surface area contributed by atoms with Crippen LogP contribution in [0, 0.1) is 0 Å².